The van der Waals surface area contributed by atoms with E-state index in [0.717, 1.165) is 5.56 Å². The summed E-state index contributed by atoms with van der Waals surface area (Å²) in [5.74, 6) is 0. The lowest BCUT2D eigenvalue weighted by molar-refractivity contribution is -0.182. The lowest BCUT2D eigenvalue weighted by Gasteiger charge is -2.28. The summed E-state index contributed by atoms with van der Waals surface area (Å²) >= 11 is 0. The van der Waals surface area contributed by atoms with Crippen molar-refractivity contribution in [2.24, 2.45) is 5.73 Å². The van der Waals surface area contributed by atoms with Crippen LogP contribution in [0.5, 0.6) is 0 Å². The van der Waals surface area contributed by atoms with Crippen LogP contribution in [0, 0.1) is 0 Å². The van der Waals surface area contributed by atoms with Crippen molar-refractivity contribution in [2.45, 2.75) is 18.9 Å². The first-order valence-electron chi connectivity index (χ1n) is 6.18. The van der Waals surface area contributed by atoms with Gasteiger partial charge in [0.2, 0.25) is 0 Å². The van der Waals surface area contributed by atoms with Gasteiger partial charge in [-0.15, -0.1) is 0 Å². The maximum absolute atomic E-state index is 11.6. The number of hydrogen-bond donors (Lipinski definition) is 2. The Labute approximate surface area is 111 Å². The molecule has 1 aliphatic rings. The Morgan fingerprint density at radius 1 is 1.32 bits per heavy atom. The fraction of sp³-hybridized carbons (Fsp3) is 0.462. The molecular formula is C13H18N2O4. The molecule has 1 aliphatic heterocycles. The minimum atomic E-state index is -0.479. The molecule has 1 saturated heterocycles. The molecule has 19 heavy (non-hydrogen) atoms. The zero-order chi connectivity index (χ0) is 13.5. The van der Waals surface area contributed by atoms with Gasteiger partial charge in [-0.25, -0.2) is 4.79 Å². The predicted molar refractivity (Wildman–Crippen MR) is 68.3 cm³/mol. The summed E-state index contributed by atoms with van der Waals surface area (Å²) < 4.78 is 15.7. The number of alkyl carbamates (subject to hydrolysis) is 1. The van der Waals surface area contributed by atoms with Crippen LogP contribution in [0.25, 0.3) is 0 Å². The molecule has 1 aromatic rings. The van der Waals surface area contributed by atoms with Gasteiger partial charge < -0.3 is 25.3 Å². The maximum atomic E-state index is 11.6. The summed E-state index contributed by atoms with van der Waals surface area (Å²) in [7, 11) is 0. The van der Waals surface area contributed by atoms with Crippen LogP contribution in [0.2, 0.25) is 0 Å². The molecule has 104 valence electrons. The summed E-state index contributed by atoms with van der Waals surface area (Å²) in [5, 5.41) is 2.68. The molecule has 0 unspecified atom stereocenters. The number of carbonyl (C=O) groups is 1. The molecule has 1 fully saturated rings. The van der Waals surface area contributed by atoms with Crippen molar-refractivity contribution in [3.8, 4) is 0 Å². The number of nitrogens with two attached hydrogens (primary N) is 1. The zero-order valence-electron chi connectivity index (χ0n) is 10.6. The van der Waals surface area contributed by atoms with Crippen LogP contribution < -0.4 is 11.1 Å². The first-order chi connectivity index (χ1) is 9.28. The van der Waals surface area contributed by atoms with Crippen molar-refractivity contribution < 1.29 is 19.0 Å². The highest BCUT2D eigenvalue weighted by Crippen LogP contribution is 2.05. The fourth-order valence-electron chi connectivity index (χ4n) is 1.69. The summed E-state index contributed by atoms with van der Waals surface area (Å²) in [4.78, 5) is 11.6. The third kappa shape index (κ3) is 4.51. The van der Waals surface area contributed by atoms with Gasteiger partial charge in [-0.3, -0.25) is 0 Å². The van der Waals surface area contributed by atoms with Gasteiger partial charge in [-0.05, 0) is 5.56 Å². The maximum Gasteiger partial charge on any atom is 0.407 e. The molecule has 0 bridgehead atoms. The van der Waals surface area contributed by atoms with Crippen LogP contribution in [0.4, 0.5) is 4.79 Å². The van der Waals surface area contributed by atoms with Crippen LogP contribution in [-0.2, 0) is 20.8 Å². The van der Waals surface area contributed by atoms with Gasteiger partial charge in [-0.1, -0.05) is 30.3 Å². The van der Waals surface area contributed by atoms with E-state index in [2.05, 4.69) is 5.32 Å². The normalized spacial score (nSPS) is 22.8. The van der Waals surface area contributed by atoms with Crippen molar-refractivity contribution in [2.75, 3.05) is 19.8 Å². The Morgan fingerprint density at radius 2 is 2.00 bits per heavy atom. The van der Waals surface area contributed by atoms with E-state index in [1.165, 1.54) is 0 Å². The molecule has 2 rings (SSSR count). The molecule has 0 radical (unpaired) electrons. The largest absolute Gasteiger partial charge is 0.445 e. The molecule has 0 spiro atoms. The third-order valence-electron chi connectivity index (χ3n) is 2.69. The van der Waals surface area contributed by atoms with Crippen LogP contribution in [-0.4, -0.2) is 38.2 Å². The number of ether oxygens (including phenoxy) is 3. The second-order valence-electron chi connectivity index (χ2n) is 4.23. The van der Waals surface area contributed by atoms with E-state index in [1.807, 2.05) is 30.3 Å². The molecular weight excluding hydrogens is 248 g/mol. The van der Waals surface area contributed by atoms with E-state index in [-0.39, 0.29) is 18.9 Å². The van der Waals surface area contributed by atoms with Crippen molar-refractivity contribution in [1.82, 2.24) is 5.32 Å². The minimum absolute atomic E-state index is 0.203. The Balaban J connectivity index is 1.67. The first kappa shape index (κ1) is 13.8. The van der Waals surface area contributed by atoms with E-state index < -0.39 is 6.09 Å². The lowest BCUT2D eigenvalue weighted by Crippen LogP contribution is -2.48. The fourth-order valence-corrected chi connectivity index (χ4v) is 1.69. The van der Waals surface area contributed by atoms with Gasteiger partial charge >= 0.3 is 6.09 Å². The summed E-state index contributed by atoms with van der Waals surface area (Å²) in [6, 6.07) is 9.29. The highest BCUT2D eigenvalue weighted by molar-refractivity contribution is 5.67. The van der Waals surface area contributed by atoms with Crippen LogP contribution in [0.3, 0.4) is 0 Å². The molecule has 1 heterocycles. The third-order valence-corrected chi connectivity index (χ3v) is 2.69. The lowest BCUT2D eigenvalue weighted by atomic mass is 10.2. The number of carbonyl (C=O) groups excluding carboxylic acids is 1. The Hall–Kier alpha value is -1.63. The molecule has 0 aromatic heterocycles. The molecule has 1 amide bonds. The molecule has 0 atom stereocenters. The summed E-state index contributed by atoms with van der Waals surface area (Å²) in [6.45, 7) is 1.31. The topological polar surface area (TPSA) is 82.8 Å². The molecule has 6 nitrogen and oxygen atoms in total. The predicted octanol–water partition coefficient (Wildman–Crippen LogP) is 0.613. The van der Waals surface area contributed by atoms with E-state index in [1.54, 1.807) is 0 Å². The van der Waals surface area contributed by atoms with E-state index in [9.17, 15) is 4.79 Å². The molecule has 6 heteroatoms. The van der Waals surface area contributed by atoms with Crippen molar-refractivity contribution in [3.05, 3.63) is 35.9 Å². The second-order valence-corrected chi connectivity index (χ2v) is 4.23. The number of rotatable bonds is 4. The summed E-state index contributed by atoms with van der Waals surface area (Å²) in [5.41, 5.74) is 6.34. The standard InChI is InChI=1S/C13H18N2O4/c14-6-12-17-8-11(9-18-12)15-13(16)19-7-10-4-2-1-3-5-10/h1-5,11-12H,6-9,14H2,(H,15,16). The van der Waals surface area contributed by atoms with Gasteiger partial charge in [0, 0.05) is 6.54 Å². The van der Waals surface area contributed by atoms with E-state index in [0.29, 0.717) is 19.8 Å². The average Bonchev–Trinajstić information content (AvgIpc) is 2.47. The van der Waals surface area contributed by atoms with Crippen LogP contribution in [0.15, 0.2) is 30.3 Å². The number of benzene rings is 1. The Bertz CT molecular complexity index is 391. The highest BCUT2D eigenvalue weighted by Gasteiger charge is 2.22. The molecule has 3 N–H and O–H groups in total. The number of amides is 1. The van der Waals surface area contributed by atoms with Crippen molar-refractivity contribution >= 4 is 6.09 Å². The zero-order valence-corrected chi connectivity index (χ0v) is 10.6. The van der Waals surface area contributed by atoms with Gasteiger partial charge in [-0.2, -0.15) is 0 Å². The smallest absolute Gasteiger partial charge is 0.407 e. The Kier molecular flexibility index (Phi) is 5.14. The SMILES string of the molecule is NCC1OCC(NC(=O)OCc2ccccc2)CO1. The number of hydrogen-bond acceptors (Lipinski definition) is 5. The van der Waals surface area contributed by atoms with Gasteiger partial charge in [0.25, 0.3) is 0 Å². The van der Waals surface area contributed by atoms with Gasteiger partial charge in [0.1, 0.15) is 6.61 Å². The molecule has 0 aliphatic carbocycles. The second kappa shape index (κ2) is 7.08. The molecule has 0 saturated carbocycles. The molecule has 1 aromatic carbocycles. The van der Waals surface area contributed by atoms with E-state index in [4.69, 9.17) is 19.9 Å². The van der Waals surface area contributed by atoms with Crippen LogP contribution in [0.1, 0.15) is 5.56 Å². The first-order valence-corrected chi connectivity index (χ1v) is 6.18. The summed E-state index contributed by atoms with van der Waals surface area (Å²) in [6.07, 6.45) is -0.856. The van der Waals surface area contributed by atoms with Crippen molar-refractivity contribution in [1.29, 1.82) is 0 Å². The number of nitrogens with one attached hydrogen (secondary N) is 1. The van der Waals surface area contributed by atoms with E-state index >= 15 is 0 Å². The Morgan fingerprint density at radius 3 is 2.63 bits per heavy atom. The minimum Gasteiger partial charge on any atom is -0.445 e. The monoisotopic (exact) mass is 266 g/mol. The van der Waals surface area contributed by atoms with Crippen molar-refractivity contribution in [3.63, 3.8) is 0 Å². The van der Waals surface area contributed by atoms with Gasteiger partial charge in [0.15, 0.2) is 6.29 Å². The highest BCUT2D eigenvalue weighted by atomic mass is 16.7. The quantitative estimate of drug-likeness (QED) is 0.834. The van der Waals surface area contributed by atoms with Crippen LogP contribution >= 0.6 is 0 Å². The average molecular weight is 266 g/mol. The van der Waals surface area contributed by atoms with Gasteiger partial charge in [0.05, 0.1) is 19.3 Å².